The Morgan fingerprint density at radius 3 is 2.76 bits per heavy atom. The molecule has 2 N–H and O–H groups in total. The Morgan fingerprint density at radius 2 is 2.20 bits per heavy atom. The molecule has 0 saturated carbocycles. The summed E-state index contributed by atoms with van der Waals surface area (Å²) in [5.41, 5.74) is -0.954. The number of hydrogen-bond donors (Lipinski definition) is 2. The Morgan fingerprint density at radius 1 is 1.48 bits per heavy atom. The molecule has 1 aliphatic rings. The first-order chi connectivity index (χ1) is 10.9. The Hall–Kier alpha value is -1.00. The minimum Gasteiger partial charge on any atom is -0.475 e. The smallest absolute Gasteiger partial charge is 0.417 e. The molecule has 2 heterocycles. The van der Waals surface area contributed by atoms with Gasteiger partial charge in [0.15, 0.2) is 0 Å². The van der Waals surface area contributed by atoms with Crippen molar-refractivity contribution in [2.45, 2.75) is 12.3 Å². The number of carbonyl (C=O) groups is 1. The average molecular weight is 427 g/mol. The van der Waals surface area contributed by atoms with Gasteiger partial charge in [0.1, 0.15) is 17.7 Å². The Bertz CT molecular complexity index is 558. The third-order valence-corrected chi connectivity index (χ3v) is 3.27. The lowest BCUT2D eigenvalue weighted by atomic mass is 10.3. The van der Waals surface area contributed by atoms with Crippen LogP contribution in [0, 0.1) is 0 Å². The van der Waals surface area contributed by atoms with Crippen molar-refractivity contribution in [2.75, 3.05) is 32.8 Å². The first-order valence-electron chi connectivity index (χ1n) is 6.83. The van der Waals surface area contributed by atoms with Gasteiger partial charge < -0.3 is 20.1 Å². The van der Waals surface area contributed by atoms with Crippen molar-refractivity contribution < 1.29 is 27.4 Å². The first kappa shape index (κ1) is 24.0. The first-order valence-corrected chi connectivity index (χ1v) is 7.21. The molecule has 1 aromatic heterocycles. The number of ether oxygens (including phenoxy) is 2. The summed E-state index contributed by atoms with van der Waals surface area (Å²) in [5.74, 6) is -0.406. The van der Waals surface area contributed by atoms with Crippen LogP contribution in [0.3, 0.4) is 0 Å². The lowest BCUT2D eigenvalue weighted by molar-refractivity contribution is -0.138. The molecule has 0 aromatic carbocycles. The monoisotopic (exact) mass is 425 g/mol. The second-order valence-electron chi connectivity index (χ2n) is 4.71. The number of carbonyl (C=O) groups excluding carboxylic acids is 1. The number of alkyl halides is 3. The lowest BCUT2D eigenvalue weighted by Gasteiger charge is -2.22. The second-order valence-corrected chi connectivity index (χ2v) is 5.12. The number of amides is 1. The van der Waals surface area contributed by atoms with Crippen molar-refractivity contribution in [3.63, 3.8) is 0 Å². The van der Waals surface area contributed by atoms with Crippen LogP contribution in [0.4, 0.5) is 13.2 Å². The fraction of sp³-hybridized carbons (Fsp3) is 0.538. The van der Waals surface area contributed by atoms with Crippen LogP contribution < -0.4 is 15.4 Å². The predicted molar refractivity (Wildman–Crippen MR) is 89.9 cm³/mol. The van der Waals surface area contributed by atoms with Crippen LogP contribution in [0.25, 0.3) is 0 Å². The molecule has 0 bridgehead atoms. The van der Waals surface area contributed by atoms with Crippen LogP contribution >= 0.6 is 36.4 Å². The molecule has 144 valence electrons. The topological polar surface area (TPSA) is 72.5 Å². The molecule has 1 atom stereocenters. The predicted octanol–water partition coefficient (Wildman–Crippen LogP) is 2.08. The summed E-state index contributed by atoms with van der Waals surface area (Å²) in [4.78, 5) is 15.3. The summed E-state index contributed by atoms with van der Waals surface area (Å²) >= 11 is 5.70. The van der Waals surface area contributed by atoms with E-state index in [0.29, 0.717) is 25.9 Å². The molecule has 1 aliphatic heterocycles. The zero-order valence-electron chi connectivity index (χ0n) is 12.8. The number of morpholine rings is 1. The molecule has 6 nitrogen and oxygen atoms in total. The molecule has 1 amide bonds. The second kappa shape index (κ2) is 10.9. The van der Waals surface area contributed by atoms with E-state index in [2.05, 4.69) is 15.6 Å². The van der Waals surface area contributed by atoms with Gasteiger partial charge in [0.25, 0.3) is 5.91 Å². The molecule has 0 spiro atoms. The van der Waals surface area contributed by atoms with E-state index in [0.717, 1.165) is 6.07 Å². The van der Waals surface area contributed by atoms with Gasteiger partial charge in [-0.3, -0.25) is 4.79 Å². The summed E-state index contributed by atoms with van der Waals surface area (Å²) < 4.78 is 47.8. The van der Waals surface area contributed by atoms with E-state index in [-0.39, 0.29) is 54.8 Å². The maximum Gasteiger partial charge on any atom is 0.417 e. The summed E-state index contributed by atoms with van der Waals surface area (Å²) in [7, 11) is 0. The van der Waals surface area contributed by atoms with E-state index in [4.69, 9.17) is 21.1 Å². The molecule has 0 aliphatic carbocycles. The van der Waals surface area contributed by atoms with Crippen molar-refractivity contribution in [1.82, 2.24) is 15.6 Å². The molecule has 0 radical (unpaired) electrons. The van der Waals surface area contributed by atoms with Gasteiger partial charge in [-0.25, -0.2) is 4.98 Å². The number of pyridine rings is 1. The number of halogens is 6. The van der Waals surface area contributed by atoms with E-state index >= 15 is 0 Å². The fourth-order valence-corrected chi connectivity index (χ4v) is 2.08. The zero-order chi connectivity index (χ0) is 16.9. The Kier molecular flexibility index (Phi) is 10.4. The van der Waals surface area contributed by atoms with Crippen LogP contribution in [0.1, 0.15) is 5.56 Å². The standard InChI is InChI=1S/C13H15ClF3N3O3.2ClH/c14-9-5-8(13(15,16)17)6-20-12(9)23-4-2-19-11(21)10-7-18-1-3-22-10;;/h5-6,10,18H,1-4,7H2,(H,19,21);2*1H. The number of nitrogens with one attached hydrogen (secondary N) is 2. The van der Waals surface area contributed by atoms with E-state index < -0.39 is 17.8 Å². The zero-order valence-corrected chi connectivity index (χ0v) is 15.2. The SMILES string of the molecule is Cl.Cl.O=C(NCCOc1ncc(C(F)(F)F)cc1Cl)C1CNCCO1. The minimum atomic E-state index is -4.52. The van der Waals surface area contributed by atoms with Gasteiger partial charge in [-0.2, -0.15) is 13.2 Å². The molecule has 1 saturated heterocycles. The largest absolute Gasteiger partial charge is 0.475 e. The van der Waals surface area contributed by atoms with Gasteiger partial charge in [-0.15, -0.1) is 24.8 Å². The molecule has 25 heavy (non-hydrogen) atoms. The van der Waals surface area contributed by atoms with Crippen LogP contribution in [-0.2, 0) is 15.7 Å². The molecule has 2 rings (SSSR count). The van der Waals surface area contributed by atoms with Crippen molar-refractivity contribution in [1.29, 1.82) is 0 Å². The summed E-state index contributed by atoms with van der Waals surface area (Å²) in [6.45, 7) is 1.76. The van der Waals surface area contributed by atoms with E-state index in [1.54, 1.807) is 0 Å². The maximum absolute atomic E-state index is 12.5. The molecule has 12 heteroatoms. The highest BCUT2D eigenvalue weighted by molar-refractivity contribution is 6.31. The van der Waals surface area contributed by atoms with Crippen molar-refractivity contribution in [3.05, 3.63) is 22.8 Å². The summed E-state index contributed by atoms with van der Waals surface area (Å²) in [6.07, 6.45) is -4.44. The lowest BCUT2D eigenvalue weighted by Crippen LogP contribution is -2.48. The normalized spacial score (nSPS) is 17.0. The van der Waals surface area contributed by atoms with Gasteiger partial charge in [0.05, 0.1) is 18.7 Å². The number of nitrogens with zero attached hydrogens (tertiary/aromatic N) is 1. The molecule has 1 fully saturated rings. The Labute approximate surface area is 159 Å². The van der Waals surface area contributed by atoms with Gasteiger partial charge >= 0.3 is 6.18 Å². The van der Waals surface area contributed by atoms with Crippen molar-refractivity contribution >= 4 is 42.3 Å². The highest BCUT2D eigenvalue weighted by atomic mass is 35.5. The van der Waals surface area contributed by atoms with E-state index in [1.165, 1.54) is 0 Å². The van der Waals surface area contributed by atoms with Crippen molar-refractivity contribution in [3.8, 4) is 5.88 Å². The fourth-order valence-electron chi connectivity index (χ4n) is 1.86. The van der Waals surface area contributed by atoms with Crippen LogP contribution in [0.2, 0.25) is 5.02 Å². The van der Waals surface area contributed by atoms with Gasteiger partial charge in [-0.1, -0.05) is 11.6 Å². The summed E-state index contributed by atoms with van der Waals surface area (Å²) in [5, 5.41) is 5.37. The third kappa shape index (κ3) is 7.41. The molecular weight excluding hydrogens is 410 g/mol. The quantitative estimate of drug-likeness (QED) is 0.706. The third-order valence-electron chi connectivity index (χ3n) is 2.99. The van der Waals surface area contributed by atoms with Crippen LogP contribution in [-0.4, -0.2) is 49.8 Å². The highest BCUT2D eigenvalue weighted by Crippen LogP contribution is 2.32. The molecular formula is C13H17Cl3F3N3O3. The highest BCUT2D eigenvalue weighted by Gasteiger charge is 2.31. The van der Waals surface area contributed by atoms with Gasteiger partial charge in [0, 0.05) is 19.3 Å². The van der Waals surface area contributed by atoms with E-state index in [9.17, 15) is 18.0 Å². The number of aromatic nitrogens is 1. The number of hydrogen-bond acceptors (Lipinski definition) is 5. The molecule has 1 unspecified atom stereocenters. The van der Waals surface area contributed by atoms with Gasteiger partial charge in [-0.05, 0) is 6.07 Å². The van der Waals surface area contributed by atoms with Crippen LogP contribution in [0.15, 0.2) is 12.3 Å². The summed E-state index contributed by atoms with van der Waals surface area (Å²) in [6, 6.07) is 0.740. The maximum atomic E-state index is 12.5. The van der Waals surface area contributed by atoms with E-state index in [1.807, 2.05) is 0 Å². The molecule has 1 aromatic rings. The minimum absolute atomic E-state index is 0. The van der Waals surface area contributed by atoms with Gasteiger partial charge in [0.2, 0.25) is 5.88 Å². The van der Waals surface area contributed by atoms with Crippen molar-refractivity contribution in [2.24, 2.45) is 0 Å². The Balaban J connectivity index is 0.00000288. The number of rotatable bonds is 5. The van der Waals surface area contributed by atoms with Crippen LogP contribution in [0.5, 0.6) is 5.88 Å². The average Bonchev–Trinajstić information content (AvgIpc) is 2.52.